The van der Waals surface area contributed by atoms with E-state index < -0.39 is 0 Å². The maximum absolute atomic E-state index is 13.9. The van der Waals surface area contributed by atoms with Crippen LogP contribution in [-0.4, -0.2) is 66.4 Å². The zero-order valence-corrected chi connectivity index (χ0v) is 25.0. The van der Waals surface area contributed by atoms with Gasteiger partial charge in [0.05, 0.1) is 0 Å². The van der Waals surface area contributed by atoms with Gasteiger partial charge < -0.3 is 24.4 Å². The predicted octanol–water partition coefficient (Wildman–Crippen LogP) is 6.16. The molecule has 1 unspecified atom stereocenters. The highest BCUT2D eigenvalue weighted by Gasteiger charge is 2.25. The number of anilines is 1. The molecule has 0 spiro atoms. The lowest BCUT2D eigenvalue weighted by Crippen LogP contribution is -2.48. The van der Waals surface area contributed by atoms with Gasteiger partial charge in [-0.3, -0.25) is 9.59 Å². The zero-order chi connectivity index (χ0) is 29.4. The highest BCUT2D eigenvalue weighted by molar-refractivity contribution is 6.30. The predicted molar refractivity (Wildman–Crippen MR) is 167 cm³/mol. The van der Waals surface area contributed by atoms with Crippen LogP contribution in [0.1, 0.15) is 31.4 Å². The lowest BCUT2D eigenvalue weighted by molar-refractivity contribution is -0.143. The Kier molecular flexibility index (Phi) is 10.3. The number of H-pyrrole nitrogens is 1. The van der Waals surface area contributed by atoms with E-state index in [2.05, 4.69) is 41.4 Å². The van der Waals surface area contributed by atoms with E-state index in [1.54, 1.807) is 29.2 Å². The van der Waals surface area contributed by atoms with E-state index in [4.69, 9.17) is 16.3 Å². The summed E-state index contributed by atoms with van der Waals surface area (Å²) in [5, 5.41) is 1.76. The fourth-order valence-corrected chi connectivity index (χ4v) is 4.85. The Labute approximate surface area is 247 Å². The highest BCUT2D eigenvalue weighted by Crippen LogP contribution is 2.20. The lowest BCUT2D eigenvalue weighted by Gasteiger charge is -2.31. The van der Waals surface area contributed by atoms with E-state index in [0.29, 0.717) is 30.3 Å². The number of ether oxygens (including phenoxy) is 1. The summed E-state index contributed by atoms with van der Waals surface area (Å²) in [5.74, 6) is 0.232. The largest absolute Gasteiger partial charge is 0.484 e. The molecule has 0 bridgehead atoms. The van der Waals surface area contributed by atoms with Crippen molar-refractivity contribution in [2.45, 2.75) is 39.3 Å². The number of aromatic nitrogens is 1. The number of hydrogen-bond acceptors (Lipinski definition) is 4. The standard InChI is InChI=1S/C33H39ClN4O3/c1-5-24(2)38(33(40)23-41-29-16-12-27(34)13-17-29)22-32(39)37(21-25-10-14-28(15-11-25)36(3)4)19-18-26-20-35-31-9-7-6-8-30(26)31/h6-17,20,24,35H,5,18-19,21-23H2,1-4H3. The topological polar surface area (TPSA) is 68.9 Å². The third-order valence-electron chi connectivity index (χ3n) is 7.43. The van der Waals surface area contributed by atoms with Gasteiger partial charge >= 0.3 is 0 Å². The Bertz CT molecular complexity index is 1430. The molecule has 1 aromatic heterocycles. The lowest BCUT2D eigenvalue weighted by atomic mass is 10.1. The van der Waals surface area contributed by atoms with Crippen LogP contribution in [0.4, 0.5) is 5.69 Å². The van der Waals surface area contributed by atoms with Crippen LogP contribution in [-0.2, 0) is 22.6 Å². The first kappa shape index (κ1) is 30.0. The van der Waals surface area contributed by atoms with Crippen molar-refractivity contribution >= 4 is 40.0 Å². The first-order chi connectivity index (χ1) is 19.7. The number of para-hydroxylation sites is 1. The maximum atomic E-state index is 13.9. The molecule has 4 rings (SSSR count). The van der Waals surface area contributed by atoms with Gasteiger partial charge in [-0.2, -0.15) is 0 Å². The van der Waals surface area contributed by atoms with Crippen LogP contribution in [0.2, 0.25) is 5.02 Å². The van der Waals surface area contributed by atoms with Crippen LogP contribution in [0.15, 0.2) is 79.0 Å². The molecule has 1 heterocycles. The van der Waals surface area contributed by atoms with Crippen molar-refractivity contribution in [1.82, 2.24) is 14.8 Å². The second-order valence-corrected chi connectivity index (χ2v) is 10.9. The monoisotopic (exact) mass is 574 g/mol. The van der Waals surface area contributed by atoms with Crippen LogP contribution in [0.3, 0.4) is 0 Å². The van der Waals surface area contributed by atoms with Crippen LogP contribution in [0, 0.1) is 0 Å². The quantitative estimate of drug-likeness (QED) is 0.207. The van der Waals surface area contributed by atoms with Crippen LogP contribution in [0.5, 0.6) is 5.75 Å². The molecule has 0 saturated carbocycles. The number of benzene rings is 3. The molecule has 0 aliphatic rings. The Balaban J connectivity index is 1.50. The van der Waals surface area contributed by atoms with Gasteiger partial charge in [0, 0.05) is 61.0 Å². The molecule has 4 aromatic rings. The molecule has 0 saturated heterocycles. The molecule has 0 radical (unpaired) electrons. The number of aromatic amines is 1. The number of nitrogens with one attached hydrogen (secondary N) is 1. The molecular formula is C33H39ClN4O3. The summed E-state index contributed by atoms with van der Waals surface area (Å²) in [6.07, 6.45) is 3.44. The summed E-state index contributed by atoms with van der Waals surface area (Å²) in [4.78, 5) is 36.0. The third kappa shape index (κ3) is 8.04. The van der Waals surface area contributed by atoms with Crippen LogP contribution in [0.25, 0.3) is 10.9 Å². The minimum Gasteiger partial charge on any atom is -0.484 e. The average Bonchev–Trinajstić information content (AvgIpc) is 3.40. The smallest absolute Gasteiger partial charge is 0.261 e. The molecule has 41 heavy (non-hydrogen) atoms. The number of carbonyl (C=O) groups is 2. The van der Waals surface area contributed by atoms with Crippen molar-refractivity contribution in [2.75, 3.05) is 38.7 Å². The van der Waals surface area contributed by atoms with Gasteiger partial charge in [-0.25, -0.2) is 0 Å². The van der Waals surface area contributed by atoms with E-state index in [1.807, 2.05) is 56.1 Å². The third-order valence-corrected chi connectivity index (χ3v) is 7.68. The molecule has 0 aliphatic heterocycles. The number of amides is 2. The van der Waals surface area contributed by atoms with Crippen molar-refractivity contribution < 1.29 is 14.3 Å². The van der Waals surface area contributed by atoms with Crippen molar-refractivity contribution in [3.05, 3.63) is 95.1 Å². The molecule has 7 nitrogen and oxygen atoms in total. The molecule has 0 fully saturated rings. The number of hydrogen-bond donors (Lipinski definition) is 1. The number of nitrogens with zero attached hydrogens (tertiary/aromatic N) is 3. The summed E-state index contributed by atoms with van der Waals surface area (Å²) in [6.45, 7) is 4.79. The summed E-state index contributed by atoms with van der Waals surface area (Å²) >= 11 is 5.96. The first-order valence-electron chi connectivity index (χ1n) is 14.0. The molecule has 1 atom stereocenters. The molecule has 8 heteroatoms. The van der Waals surface area contributed by atoms with Crippen molar-refractivity contribution in [2.24, 2.45) is 0 Å². The van der Waals surface area contributed by atoms with Gasteiger partial charge in [0.15, 0.2) is 6.61 Å². The van der Waals surface area contributed by atoms with Crippen molar-refractivity contribution in [3.8, 4) is 5.75 Å². The summed E-state index contributed by atoms with van der Waals surface area (Å²) in [6, 6.07) is 23.2. The van der Waals surface area contributed by atoms with Crippen molar-refractivity contribution in [3.63, 3.8) is 0 Å². The van der Waals surface area contributed by atoms with E-state index in [1.165, 1.54) is 0 Å². The highest BCUT2D eigenvalue weighted by atomic mass is 35.5. The molecule has 1 N–H and O–H groups in total. The Morgan fingerprint density at radius 2 is 1.66 bits per heavy atom. The fourth-order valence-electron chi connectivity index (χ4n) is 4.72. The summed E-state index contributed by atoms with van der Waals surface area (Å²) in [5.41, 5.74) is 4.37. The minimum atomic E-state index is -0.227. The fraction of sp³-hybridized carbons (Fsp3) is 0.333. The number of carbonyl (C=O) groups excluding carboxylic acids is 2. The van der Waals surface area contributed by atoms with E-state index in [9.17, 15) is 9.59 Å². The molecule has 216 valence electrons. The zero-order valence-electron chi connectivity index (χ0n) is 24.3. The number of fused-ring (bicyclic) bond motifs is 1. The van der Waals surface area contributed by atoms with Crippen LogP contribution >= 0.6 is 11.6 Å². The molecule has 2 amide bonds. The van der Waals surface area contributed by atoms with Gasteiger partial charge in [-0.05, 0) is 73.4 Å². The number of rotatable bonds is 13. The first-order valence-corrected chi connectivity index (χ1v) is 14.4. The number of halogens is 1. The minimum absolute atomic E-state index is 0.0124. The Hall–Kier alpha value is -3.97. The van der Waals surface area contributed by atoms with Crippen LogP contribution < -0.4 is 9.64 Å². The second kappa shape index (κ2) is 14.1. The second-order valence-electron chi connectivity index (χ2n) is 10.5. The summed E-state index contributed by atoms with van der Waals surface area (Å²) in [7, 11) is 4.01. The van der Waals surface area contributed by atoms with Crippen molar-refractivity contribution in [1.29, 1.82) is 0 Å². The van der Waals surface area contributed by atoms with Gasteiger partial charge in [0.1, 0.15) is 12.3 Å². The molecule has 3 aromatic carbocycles. The molecule has 0 aliphatic carbocycles. The average molecular weight is 575 g/mol. The summed E-state index contributed by atoms with van der Waals surface area (Å²) < 4.78 is 5.72. The normalized spacial score (nSPS) is 11.7. The Morgan fingerprint density at radius 1 is 0.951 bits per heavy atom. The van der Waals surface area contributed by atoms with E-state index in [0.717, 1.165) is 34.1 Å². The maximum Gasteiger partial charge on any atom is 0.261 e. The van der Waals surface area contributed by atoms with E-state index >= 15 is 0 Å². The van der Waals surface area contributed by atoms with Gasteiger partial charge in [-0.15, -0.1) is 0 Å². The van der Waals surface area contributed by atoms with Gasteiger partial charge in [0.25, 0.3) is 5.91 Å². The van der Waals surface area contributed by atoms with E-state index in [-0.39, 0.29) is 31.0 Å². The van der Waals surface area contributed by atoms with Gasteiger partial charge in [-0.1, -0.05) is 48.9 Å². The Morgan fingerprint density at radius 3 is 2.34 bits per heavy atom. The van der Waals surface area contributed by atoms with Gasteiger partial charge in [0.2, 0.25) is 5.91 Å². The SMILES string of the molecule is CCC(C)N(CC(=O)N(CCc1c[nH]c2ccccc12)Cc1ccc(N(C)C)cc1)C(=O)COc1ccc(Cl)cc1. The molecular weight excluding hydrogens is 536 g/mol.